The maximum atomic E-state index is 13.2. The monoisotopic (exact) mass is 444 g/mol. The Bertz CT molecular complexity index is 1020. The van der Waals surface area contributed by atoms with Crippen LogP contribution in [0.5, 0.6) is 5.75 Å². The first-order valence-corrected chi connectivity index (χ1v) is 10.6. The van der Waals surface area contributed by atoms with Crippen molar-refractivity contribution in [1.82, 2.24) is 0 Å². The number of methoxy groups -OCH3 is 1. The maximum Gasteiger partial charge on any atom is 0.316 e. The Kier molecular flexibility index (Phi) is 7.18. The van der Waals surface area contributed by atoms with Crippen molar-refractivity contribution < 1.29 is 19.1 Å². The van der Waals surface area contributed by atoms with Gasteiger partial charge in [0.25, 0.3) is 5.91 Å². The average Bonchev–Trinajstić information content (AvgIpc) is 3.03. The molecule has 3 rings (SSSR count). The fourth-order valence-electron chi connectivity index (χ4n) is 2.76. The smallest absolute Gasteiger partial charge is 0.316 e. The lowest BCUT2D eigenvalue weighted by molar-refractivity contribution is -0.139. The molecule has 30 heavy (non-hydrogen) atoms. The number of thioether (sulfide) groups is 1. The van der Waals surface area contributed by atoms with Gasteiger partial charge in [0.05, 0.1) is 30.2 Å². The number of hydrogen-bond acceptors (Lipinski definition) is 6. The molecule has 8 heteroatoms. The zero-order chi connectivity index (χ0) is 21.7. The molecule has 6 nitrogen and oxygen atoms in total. The first-order chi connectivity index (χ1) is 14.4. The number of anilines is 1. The lowest BCUT2D eigenvalue weighted by atomic mass is 10.1. The molecule has 2 aromatic carbocycles. The van der Waals surface area contributed by atoms with Gasteiger partial charge in [-0.05, 0) is 43.7 Å². The Morgan fingerprint density at radius 2 is 1.97 bits per heavy atom. The predicted molar refractivity (Wildman–Crippen MR) is 121 cm³/mol. The van der Waals surface area contributed by atoms with Crippen LogP contribution >= 0.6 is 23.4 Å². The minimum absolute atomic E-state index is 0.0398. The van der Waals surface area contributed by atoms with Crippen molar-refractivity contribution in [3.05, 3.63) is 64.3 Å². The van der Waals surface area contributed by atoms with E-state index in [4.69, 9.17) is 21.1 Å². The van der Waals surface area contributed by atoms with Crippen LogP contribution in [0, 0.1) is 6.92 Å². The Morgan fingerprint density at radius 3 is 2.60 bits per heavy atom. The predicted octanol–water partition coefficient (Wildman–Crippen LogP) is 4.70. The minimum Gasteiger partial charge on any atom is -0.495 e. The zero-order valence-electron chi connectivity index (χ0n) is 16.8. The number of ether oxygens (including phenoxy) is 2. The Labute approximate surface area is 184 Å². The number of rotatable bonds is 6. The quantitative estimate of drug-likeness (QED) is 0.477. The number of halogens is 1. The third-order valence-electron chi connectivity index (χ3n) is 4.23. The normalized spacial score (nSPS) is 14.8. The molecule has 0 spiro atoms. The van der Waals surface area contributed by atoms with Crippen molar-refractivity contribution in [3.8, 4) is 5.75 Å². The van der Waals surface area contributed by atoms with Crippen LogP contribution in [0.15, 0.2) is 53.2 Å². The summed E-state index contributed by atoms with van der Waals surface area (Å²) in [7, 11) is 1.52. The number of carbonyl (C=O) groups is 2. The Balaban J connectivity index is 1.95. The van der Waals surface area contributed by atoms with Gasteiger partial charge in [0, 0.05) is 0 Å². The van der Waals surface area contributed by atoms with Crippen LogP contribution in [0.1, 0.15) is 18.1 Å². The molecule has 0 aromatic heterocycles. The van der Waals surface area contributed by atoms with Crippen molar-refractivity contribution in [3.63, 3.8) is 0 Å². The van der Waals surface area contributed by atoms with E-state index >= 15 is 0 Å². The first kappa shape index (κ1) is 21.9. The van der Waals surface area contributed by atoms with Gasteiger partial charge in [-0.25, -0.2) is 4.99 Å². The van der Waals surface area contributed by atoms with Crippen molar-refractivity contribution in [2.75, 3.05) is 24.4 Å². The number of nitrogens with zero attached hydrogens (tertiary/aromatic N) is 2. The van der Waals surface area contributed by atoms with E-state index in [0.29, 0.717) is 28.2 Å². The highest BCUT2D eigenvalue weighted by Crippen LogP contribution is 2.34. The summed E-state index contributed by atoms with van der Waals surface area (Å²) in [5.41, 5.74) is 2.79. The van der Waals surface area contributed by atoms with Crippen molar-refractivity contribution in [1.29, 1.82) is 0 Å². The number of carbonyl (C=O) groups excluding carboxylic acids is 2. The Morgan fingerprint density at radius 1 is 1.23 bits per heavy atom. The second-order valence-electron chi connectivity index (χ2n) is 6.39. The summed E-state index contributed by atoms with van der Waals surface area (Å²) in [5, 5.41) is 0.751. The molecule has 156 valence electrons. The van der Waals surface area contributed by atoms with Crippen molar-refractivity contribution >= 4 is 52.2 Å². The highest BCUT2D eigenvalue weighted by Gasteiger charge is 2.33. The third-order valence-corrected chi connectivity index (χ3v) is 5.44. The summed E-state index contributed by atoms with van der Waals surface area (Å²) in [6.45, 7) is 4.03. The standard InChI is InChI=1S/C22H21ClN2O4S/c1-4-29-20(26)13-30-22-24-18(11-15-7-5-14(2)6-8-15)21(27)25(22)16-9-10-19(28-3)17(23)12-16/h5-12H,4,13H2,1-3H3/b18-11-. The van der Waals surface area contributed by atoms with Crippen LogP contribution in [0.2, 0.25) is 5.02 Å². The summed E-state index contributed by atoms with van der Waals surface area (Å²) in [4.78, 5) is 30.9. The second-order valence-corrected chi connectivity index (χ2v) is 7.74. The first-order valence-electron chi connectivity index (χ1n) is 9.26. The number of esters is 1. The summed E-state index contributed by atoms with van der Waals surface area (Å²) in [5.74, 6) is -0.136. The van der Waals surface area contributed by atoms with E-state index in [1.807, 2.05) is 31.2 Å². The van der Waals surface area contributed by atoms with Gasteiger partial charge < -0.3 is 9.47 Å². The molecule has 0 saturated carbocycles. The van der Waals surface area contributed by atoms with Crippen LogP contribution in [-0.2, 0) is 14.3 Å². The molecule has 1 aliphatic heterocycles. The van der Waals surface area contributed by atoms with Gasteiger partial charge in [-0.2, -0.15) is 0 Å². The second kappa shape index (κ2) is 9.82. The molecular weight excluding hydrogens is 424 g/mol. The van der Waals surface area contributed by atoms with Crippen molar-refractivity contribution in [2.24, 2.45) is 4.99 Å². The van der Waals surface area contributed by atoms with Crippen LogP contribution < -0.4 is 9.64 Å². The third kappa shape index (κ3) is 5.04. The highest BCUT2D eigenvalue weighted by molar-refractivity contribution is 8.14. The van der Waals surface area contributed by atoms with Crippen LogP contribution in [0.3, 0.4) is 0 Å². The molecule has 0 saturated heterocycles. The van der Waals surface area contributed by atoms with E-state index in [2.05, 4.69) is 4.99 Å². The van der Waals surface area contributed by atoms with Crippen LogP contribution in [0.4, 0.5) is 5.69 Å². The molecule has 0 fully saturated rings. The van der Waals surface area contributed by atoms with Crippen molar-refractivity contribution in [2.45, 2.75) is 13.8 Å². The fraction of sp³-hybridized carbons (Fsp3) is 0.227. The van der Waals surface area contributed by atoms with E-state index in [9.17, 15) is 9.59 Å². The average molecular weight is 445 g/mol. The molecule has 0 bridgehead atoms. The number of amidine groups is 1. The number of aliphatic imine (C=N–C) groups is 1. The van der Waals surface area contributed by atoms with Gasteiger partial charge in [-0.1, -0.05) is 53.2 Å². The summed E-state index contributed by atoms with van der Waals surface area (Å²) >= 11 is 7.39. The lowest BCUT2D eigenvalue weighted by Gasteiger charge is -2.18. The molecule has 0 atom stereocenters. The number of aryl methyl sites for hydroxylation is 1. The molecular formula is C22H21ClN2O4S. The fourth-order valence-corrected chi connectivity index (χ4v) is 3.82. The highest BCUT2D eigenvalue weighted by atomic mass is 35.5. The number of amides is 1. The van der Waals surface area contributed by atoms with Gasteiger partial charge in [0.2, 0.25) is 0 Å². The molecule has 1 aliphatic rings. The van der Waals surface area contributed by atoms with E-state index in [-0.39, 0.29) is 23.3 Å². The molecule has 1 heterocycles. The van der Waals surface area contributed by atoms with Gasteiger partial charge in [0.1, 0.15) is 11.4 Å². The van der Waals surface area contributed by atoms with E-state index in [1.165, 1.54) is 12.0 Å². The molecule has 2 aromatic rings. The van der Waals surface area contributed by atoms with E-state index in [1.54, 1.807) is 31.2 Å². The van der Waals surface area contributed by atoms with E-state index in [0.717, 1.165) is 22.9 Å². The maximum absolute atomic E-state index is 13.2. The lowest BCUT2D eigenvalue weighted by Crippen LogP contribution is -2.31. The summed E-state index contributed by atoms with van der Waals surface area (Å²) < 4.78 is 10.2. The number of hydrogen-bond donors (Lipinski definition) is 0. The van der Waals surface area contributed by atoms with Gasteiger partial charge >= 0.3 is 5.97 Å². The SMILES string of the molecule is CCOC(=O)CSC1=N/C(=C\c2ccc(C)cc2)C(=O)N1c1ccc(OC)c(Cl)c1. The molecule has 1 amide bonds. The van der Waals surface area contributed by atoms with Gasteiger partial charge in [0.15, 0.2) is 5.17 Å². The minimum atomic E-state index is -0.374. The molecule has 0 N–H and O–H groups in total. The molecule has 0 unspecified atom stereocenters. The summed E-state index contributed by atoms with van der Waals surface area (Å²) in [6.07, 6.45) is 1.72. The van der Waals surface area contributed by atoms with Crippen LogP contribution in [-0.4, -0.2) is 36.5 Å². The topological polar surface area (TPSA) is 68.2 Å². The van der Waals surface area contributed by atoms with Gasteiger partial charge in [-0.15, -0.1) is 0 Å². The van der Waals surface area contributed by atoms with Crippen LogP contribution in [0.25, 0.3) is 6.08 Å². The summed E-state index contributed by atoms with van der Waals surface area (Å²) in [6, 6.07) is 12.8. The molecule has 0 radical (unpaired) electrons. The van der Waals surface area contributed by atoms with E-state index < -0.39 is 0 Å². The van der Waals surface area contributed by atoms with Gasteiger partial charge in [-0.3, -0.25) is 14.5 Å². The molecule has 0 aliphatic carbocycles. The number of benzene rings is 2. The zero-order valence-corrected chi connectivity index (χ0v) is 18.4. The largest absolute Gasteiger partial charge is 0.495 e. The Hall–Kier alpha value is -2.77.